The number of halogens is 4. The van der Waals surface area contributed by atoms with Crippen molar-refractivity contribution < 1.29 is 112 Å². The number of aromatic nitrogens is 16. The summed E-state index contributed by atoms with van der Waals surface area (Å²) in [5.74, 6) is 0.154. The third-order valence-corrected chi connectivity index (χ3v) is 26.7. The first-order valence-corrected chi connectivity index (χ1v) is 48.7. The van der Waals surface area contributed by atoms with Crippen molar-refractivity contribution in [3.05, 3.63) is 56.3 Å². The van der Waals surface area contributed by atoms with E-state index in [4.69, 9.17) is 108 Å². The van der Waals surface area contributed by atoms with Crippen molar-refractivity contribution in [2.45, 2.75) is 188 Å². The lowest BCUT2D eigenvalue weighted by molar-refractivity contribution is -0.894. The molecule has 0 radical (unpaired) electrons. The highest BCUT2D eigenvalue weighted by molar-refractivity contribution is 8.44. The predicted molar refractivity (Wildman–Crippen MR) is 430 cm³/mol. The van der Waals surface area contributed by atoms with Crippen LogP contribution in [0.2, 0.25) is 0 Å². The zero-order valence-corrected chi connectivity index (χ0v) is 73.5. The smallest absolute Gasteiger partial charge is 0.386 e. The molecule has 4 unspecified atom stereocenters. The van der Waals surface area contributed by atoms with Gasteiger partial charge >= 0.3 is 13.5 Å². The van der Waals surface area contributed by atoms with Gasteiger partial charge in [-0.25, -0.2) is 81.9 Å². The summed E-state index contributed by atoms with van der Waals surface area (Å²) >= 11 is 19.3. The topological polar surface area (TPSA) is 464 Å². The average Bonchev–Trinajstić information content (AvgIpc) is 1.62. The van der Waals surface area contributed by atoms with Crippen LogP contribution in [0.3, 0.4) is 0 Å². The summed E-state index contributed by atoms with van der Waals surface area (Å²) in [5, 5.41) is 0. The maximum absolute atomic E-state index is 16.0. The van der Waals surface area contributed by atoms with Gasteiger partial charge in [0.15, 0.2) is 89.6 Å². The van der Waals surface area contributed by atoms with E-state index in [1.165, 1.54) is 128 Å². The van der Waals surface area contributed by atoms with E-state index in [1.807, 2.05) is 0 Å². The van der Waals surface area contributed by atoms with E-state index < -0.39 is 152 Å². The number of alkyl halides is 4. The number of imidazole rings is 4. The number of thiol groups is 1. The first-order valence-electron chi connectivity index (χ1n) is 38.3. The van der Waals surface area contributed by atoms with Gasteiger partial charge in [0.2, 0.25) is 0 Å². The highest BCUT2D eigenvalue weighted by Crippen LogP contribution is 2.59. The molecular weight excluding hydrogens is 1690 g/mol. The summed E-state index contributed by atoms with van der Waals surface area (Å²) in [6, 6.07) is 0. The minimum absolute atomic E-state index is 0.0506. The molecule has 6 aliphatic heterocycles. The Kier molecular flexibility index (Phi) is 35.0. The van der Waals surface area contributed by atoms with E-state index in [0.29, 0.717) is 11.2 Å². The van der Waals surface area contributed by atoms with Gasteiger partial charge in [0.25, 0.3) is 0 Å². The van der Waals surface area contributed by atoms with Crippen LogP contribution in [-0.2, 0) is 95.1 Å². The van der Waals surface area contributed by atoms with Crippen molar-refractivity contribution in [2.24, 2.45) is 0 Å². The van der Waals surface area contributed by atoms with Gasteiger partial charge in [0, 0.05) is 0 Å². The van der Waals surface area contributed by atoms with Crippen molar-refractivity contribution in [1.29, 1.82) is 0 Å². The fraction of sp³-hybridized carbons (Fsp3) is 0.692. The minimum Gasteiger partial charge on any atom is -0.780 e. The average molecular weight is 1790 g/mol. The Hall–Kier alpha value is -4.91. The molecule has 648 valence electrons. The van der Waals surface area contributed by atoms with Crippen molar-refractivity contribution in [3.8, 4) is 0 Å². The maximum atomic E-state index is 16.0. The number of quaternary nitrogens is 4. The number of nitrogens with one attached hydrogen (secondary N) is 4. The van der Waals surface area contributed by atoms with Gasteiger partial charge in [0.05, 0.1) is 136 Å². The lowest BCUT2D eigenvalue weighted by Crippen LogP contribution is -3.11. The molecule has 0 aromatic carbocycles. The van der Waals surface area contributed by atoms with Gasteiger partial charge in [-0.1, -0.05) is 35.9 Å². The molecule has 0 aliphatic carbocycles. The monoisotopic (exact) mass is 1790 g/mol. The van der Waals surface area contributed by atoms with Gasteiger partial charge in [-0.15, -0.1) is 0 Å². The number of hydrogen-bond donors (Lipinski definition) is 9. The van der Waals surface area contributed by atoms with Crippen molar-refractivity contribution in [3.63, 3.8) is 0 Å². The number of nitrogen functional groups attached to an aromatic ring is 3. The van der Waals surface area contributed by atoms with Gasteiger partial charge in [-0.3, -0.25) is 31.8 Å². The molecule has 0 spiro atoms. The van der Waals surface area contributed by atoms with Crippen molar-refractivity contribution in [2.75, 3.05) is 122 Å². The number of fused-ring (bicyclic) bond motifs is 8. The van der Waals surface area contributed by atoms with Crippen LogP contribution in [0.15, 0.2) is 50.6 Å². The number of nitrogens with zero attached hydrogens (tertiary/aromatic N) is 16. The van der Waals surface area contributed by atoms with Gasteiger partial charge in [-0.05, 0) is 102 Å². The van der Waals surface area contributed by atoms with Crippen LogP contribution in [-0.4, -0.2) is 261 Å². The van der Waals surface area contributed by atoms with Gasteiger partial charge < -0.3 is 93.0 Å². The summed E-state index contributed by atoms with van der Waals surface area (Å²) in [6.45, 7) is 23.5. The molecule has 0 bridgehead atoms. The highest BCUT2D eigenvalue weighted by Gasteiger charge is 2.56. The van der Waals surface area contributed by atoms with E-state index in [-0.39, 0.29) is 56.6 Å². The predicted octanol–water partition coefficient (Wildman–Crippen LogP) is 1.11. The second-order valence-electron chi connectivity index (χ2n) is 27.1. The molecule has 51 heteroatoms. The summed E-state index contributed by atoms with van der Waals surface area (Å²) in [5.41, 5.74) is 19.7. The van der Waals surface area contributed by atoms with E-state index >= 15 is 17.6 Å². The molecule has 8 aromatic rings. The molecule has 20 atom stereocenters. The Morgan fingerprint density at radius 1 is 0.414 bits per heavy atom. The number of anilines is 3. The van der Waals surface area contributed by atoms with Crippen LogP contribution in [0.1, 0.15) is 114 Å². The van der Waals surface area contributed by atoms with Crippen LogP contribution in [0.5, 0.6) is 0 Å². The second-order valence-corrected chi connectivity index (χ2v) is 38.2. The maximum Gasteiger partial charge on any atom is 0.386 e. The molecule has 14 rings (SSSR count). The Morgan fingerprint density at radius 3 is 0.957 bits per heavy atom. The van der Waals surface area contributed by atoms with Crippen LogP contribution in [0, 0.1) is 6.92 Å². The number of nitrogens with two attached hydrogens (primary N) is 3. The molecule has 6 fully saturated rings. The summed E-state index contributed by atoms with van der Waals surface area (Å²) in [4.78, 5) is 92.7. The Balaban J connectivity index is 0.000000200. The Labute approximate surface area is 689 Å². The molecule has 116 heavy (non-hydrogen) atoms. The van der Waals surface area contributed by atoms with Crippen molar-refractivity contribution >= 4 is 137 Å². The fourth-order valence-corrected chi connectivity index (χ4v) is 19.2. The zero-order valence-electron chi connectivity index (χ0n) is 66.6. The standard InChI is InChI=1S/C21H23F2N9O8P2S2.C20H22F2N10O8P2S2.4C6H15N/c1-8-13-18(27-4-25-8)31(6-29-13)20-11(22)15-9(37-20)2-35-42(34,44)40-16-10(3-36-41(33,43)39-15)38-21(12(16)23)32-7-30-14-17(24)26-5-28-19(14)32;21-9-13-7(37-19(9)31-5-29-11-15(23)25-3-27-17(11)31)1-35-41(33,43)40-14-8(2-36-42(34,44)39-13)38-20(10(14)22)32-6-30-12-16(24)26-4-28-18(12)32;4*1-4-7(5-2)6-3/h4-7,9-12,15-16,20-21H,2-3H2,1H3,(H,33,43)(H,34,44)(H2,24,26,28);3-10,13-14,19-20H,1-2H2,(H,33,43)(H,34,44)(H2,23,25,27)(H2,24,26,28);4*4-6H2,1-3H3/p+2/t9-,10-,11+,12+,15-,16-,20-,21-,41?,42?;7-,8-,9+,10+,13-,14-,19-,20-,41?,42?;;;;/m11..../s1. The van der Waals surface area contributed by atoms with Crippen LogP contribution in [0.25, 0.3) is 44.7 Å². The fourth-order valence-electron chi connectivity index (χ4n) is 13.4. The number of hydrogen-bond acceptors (Lipinski definition) is 33. The normalized spacial score (nSPS) is 31.5. The van der Waals surface area contributed by atoms with E-state index in [1.54, 1.807) is 26.5 Å². The molecular formula is C65H107F4N23O16P4S4+2. The van der Waals surface area contributed by atoms with Gasteiger partial charge in [-0.2, -0.15) is 0 Å². The molecule has 0 saturated carbocycles. The van der Waals surface area contributed by atoms with Crippen LogP contribution < -0.4 is 46.6 Å². The van der Waals surface area contributed by atoms with Crippen LogP contribution >= 0.6 is 39.2 Å². The first kappa shape index (κ1) is 94.9. The Bertz CT molecular complexity index is 4080. The lowest BCUT2D eigenvalue weighted by Gasteiger charge is -2.35. The minimum atomic E-state index is -4.49. The van der Waals surface area contributed by atoms with Crippen LogP contribution in [0.4, 0.5) is 35.0 Å². The molecule has 11 N–H and O–H groups in total. The first-order chi connectivity index (χ1) is 55.2. The quantitative estimate of drug-likeness (QED) is 0.0372. The number of aryl methyl sites for hydroxylation is 1. The second kappa shape index (κ2) is 42.7. The third-order valence-electron chi connectivity index (χ3n) is 20.5. The van der Waals surface area contributed by atoms with E-state index in [9.17, 15) is 19.2 Å². The lowest BCUT2D eigenvalue weighted by atomic mass is 10.1. The molecule has 39 nitrogen and oxygen atoms in total. The molecule has 8 aromatic heterocycles. The summed E-state index contributed by atoms with van der Waals surface area (Å²) in [7, 11) is 0. The van der Waals surface area contributed by atoms with Crippen molar-refractivity contribution in [1.82, 2.24) is 78.1 Å². The Morgan fingerprint density at radius 2 is 0.664 bits per heavy atom. The number of rotatable bonds is 16. The zero-order chi connectivity index (χ0) is 84.7. The molecule has 6 aliphatic rings. The van der Waals surface area contributed by atoms with E-state index in [0.717, 1.165) is 19.0 Å². The molecule has 0 amide bonds. The van der Waals surface area contributed by atoms with E-state index in [2.05, 4.69) is 155 Å². The number of ether oxygens (including phenoxy) is 4. The largest absolute Gasteiger partial charge is 0.780 e. The SMILES string of the molecule is CC[NH+](CC)CC.CC[NH+](CC)CC.CC[NH+](CC)CC.CC[NH+](CC)CC.Cc1ncnc2c1ncn2[C@@H]1O[C@@H]2COP([O-])(=S)O[C@H]3[C@H](F)[C@H](n4cnc5c(N)ncnc54)O[C@@H]3COP(=O)(S)O[C@H]2[C@@H]1F.Nc1ncnc2c1ncn2[C@@H]1O[C@@H]2COP(O)(=S)O[C@H]3[C@H](F)[C@H](n4cnc5c(N)ncnc54)O[C@@H]3COP([O-])(=S)O[C@H]2[C@@H]1F. The summed E-state index contributed by atoms with van der Waals surface area (Å²) < 4.78 is 149. The summed E-state index contributed by atoms with van der Waals surface area (Å²) in [6.07, 6.45) is -15.9. The van der Waals surface area contributed by atoms with Gasteiger partial charge in [0.1, 0.15) is 110 Å². The molecule has 14 heterocycles. The third kappa shape index (κ3) is 23.1. The highest BCUT2D eigenvalue weighted by atomic mass is 32.7. The molecule has 6 saturated heterocycles.